The van der Waals surface area contributed by atoms with Gasteiger partial charge < -0.3 is 44.7 Å². The Kier molecular flexibility index (Phi) is 10.8. The van der Waals surface area contributed by atoms with Crippen molar-refractivity contribution in [3.8, 4) is 17.2 Å². The van der Waals surface area contributed by atoms with Crippen LogP contribution in [-0.4, -0.2) is 87.6 Å². The largest absolute Gasteiger partial charge is 0.507 e. The third kappa shape index (κ3) is 6.94. The molecule has 13 heteroatoms. The van der Waals surface area contributed by atoms with Crippen LogP contribution in [0.4, 0.5) is 0 Å². The summed E-state index contributed by atoms with van der Waals surface area (Å²) in [4.78, 5) is 53.7. The van der Waals surface area contributed by atoms with E-state index < -0.39 is 102 Å². The molecule has 52 heavy (non-hydrogen) atoms. The van der Waals surface area contributed by atoms with Gasteiger partial charge in [-0.3, -0.25) is 19.2 Å². The standard InChI is InChI=1S/C39H43NO12/c1-4-5-14-28(42)50-19-27(41)39(48)16-23-31(38(47)33-32(36(23)45)35(44)22-12-9-13-25(49-3)30(22)37(33)46)26(17-39)52-29-15-24(34(43)20(2)51-29)40-18-21-10-7-6-8-11-21/h6-13,20,24,26,29,34,40,43,45,47-48H,4-5,14-19H2,1-3H3/t20?,24?,26-,29?,34?,39-/m0/s1. The number of methoxy groups -OCH3 is 1. The average Bonchev–Trinajstić information content (AvgIpc) is 3.14. The predicted octanol–water partition coefficient (Wildman–Crippen LogP) is 3.57. The number of aliphatic hydroxyl groups excluding tert-OH is 1. The molecular weight excluding hydrogens is 674 g/mol. The summed E-state index contributed by atoms with van der Waals surface area (Å²) >= 11 is 0. The number of carbonyl (C=O) groups excluding carboxylic acids is 4. The van der Waals surface area contributed by atoms with Crippen molar-refractivity contribution in [1.29, 1.82) is 0 Å². The molecule has 1 aliphatic heterocycles. The lowest BCUT2D eigenvalue weighted by atomic mass is 9.72. The van der Waals surface area contributed by atoms with Crippen LogP contribution in [0.2, 0.25) is 0 Å². The molecule has 276 valence electrons. The van der Waals surface area contributed by atoms with Crippen LogP contribution < -0.4 is 10.1 Å². The van der Waals surface area contributed by atoms with Crippen LogP contribution in [0.25, 0.3) is 0 Å². The van der Waals surface area contributed by atoms with E-state index in [0.717, 1.165) is 12.0 Å². The third-order valence-electron chi connectivity index (χ3n) is 10.1. The number of phenols is 2. The highest BCUT2D eigenvalue weighted by Crippen LogP contribution is 2.52. The molecular formula is C39H43NO12. The summed E-state index contributed by atoms with van der Waals surface area (Å²) in [5, 5.41) is 49.8. The van der Waals surface area contributed by atoms with Crippen molar-refractivity contribution in [2.75, 3.05) is 13.7 Å². The lowest BCUT2D eigenvalue weighted by Crippen LogP contribution is -2.54. The van der Waals surface area contributed by atoms with E-state index >= 15 is 0 Å². The summed E-state index contributed by atoms with van der Waals surface area (Å²) in [6.07, 6.45) is -3.71. The second kappa shape index (κ2) is 15.1. The number of fused-ring (bicyclic) bond motifs is 3. The molecule has 0 saturated carbocycles. The molecule has 0 spiro atoms. The third-order valence-corrected chi connectivity index (χ3v) is 10.1. The number of ketones is 3. The molecule has 1 heterocycles. The number of benzene rings is 3. The normalized spacial score (nSPS) is 25.1. The van der Waals surface area contributed by atoms with E-state index in [1.807, 2.05) is 37.3 Å². The fraction of sp³-hybridized carbons (Fsp3) is 0.436. The molecule has 6 rings (SSSR count). The van der Waals surface area contributed by atoms with Crippen LogP contribution in [0.3, 0.4) is 0 Å². The highest BCUT2D eigenvalue weighted by Gasteiger charge is 2.50. The number of Topliss-reactive ketones (excluding diaryl/α,β-unsaturated/α-hetero) is 1. The van der Waals surface area contributed by atoms with E-state index in [0.29, 0.717) is 13.0 Å². The van der Waals surface area contributed by atoms with Crippen LogP contribution >= 0.6 is 0 Å². The van der Waals surface area contributed by atoms with Crippen molar-refractivity contribution in [3.05, 3.63) is 87.5 Å². The molecule has 0 bridgehead atoms. The maximum atomic E-state index is 14.0. The van der Waals surface area contributed by atoms with Crippen molar-refractivity contribution >= 4 is 23.3 Å². The fourth-order valence-corrected chi connectivity index (χ4v) is 7.29. The van der Waals surface area contributed by atoms with Gasteiger partial charge in [-0.05, 0) is 25.0 Å². The molecule has 4 unspecified atom stereocenters. The zero-order valence-electron chi connectivity index (χ0n) is 29.2. The number of carbonyl (C=O) groups is 4. The highest BCUT2D eigenvalue weighted by atomic mass is 16.7. The maximum absolute atomic E-state index is 14.0. The fourth-order valence-electron chi connectivity index (χ4n) is 7.29. The lowest BCUT2D eigenvalue weighted by molar-refractivity contribution is -0.250. The molecule has 3 aliphatic rings. The average molecular weight is 718 g/mol. The van der Waals surface area contributed by atoms with Gasteiger partial charge in [0.15, 0.2) is 18.7 Å². The van der Waals surface area contributed by atoms with Gasteiger partial charge in [0.1, 0.15) is 22.8 Å². The van der Waals surface area contributed by atoms with Gasteiger partial charge in [-0.15, -0.1) is 0 Å². The Morgan fingerprint density at radius 2 is 1.73 bits per heavy atom. The van der Waals surface area contributed by atoms with Gasteiger partial charge in [0.2, 0.25) is 11.6 Å². The second-order valence-corrected chi connectivity index (χ2v) is 13.6. The molecule has 5 N–H and O–H groups in total. The molecule has 1 fully saturated rings. The van der Waals surface area contributed by atoms with Crippen molar-refractivity contribution in [2.24, 2.45) is 0 Å². The summed E-state index contributed by atoms with van der Waals surface area (Å²) in [6, 6.07) is 13.4. The summed E-state index contributed by atoms with van der Waals surface area (Å²) in [5.41, 5.74) is -2.71. The van der Waals surface area contributed by atoms with E-state index in [4.69, 9.17) is 18.9 Å². The number of hydrogen-bond acceptors (Lipinski definition) is 13. The van der Waals surface area contributed by atoms with Crippen LogP contribution in [0.1, 0.15) is 101 Å². The topological polar surface area (TPSA) is 198 Å². The second-order valence-electron chi connectivity index (χ2n) is 13.6. The van der Waals surface area contributed by atoms with Crippen LogP contribution in [0.15, 0.2) is 48.5 Å². The Labute approximate surface area is 300 Å². The Hall–Kier alpha value is -4.66. The van der Waals surface area contributed by atoms with Gasteiger partial charge in [0.25, 0.3) is 0 Å². The molecule has 13 nitrogen and oxygen atoms in total. The highest BCUT2D eigenvalue weighted by molar-refractivity contribution is 6.31. The van der Waals surface area contributed by atoms with Crippen molar-refractivity contribution < 1.29 is 58.6 Å². The van der Waals surface area contributed by atoms with Crippen LogP contribution in [0.5, 0.6) is 17.2 Å². The smallest absolute Gasteiger partial charge is 0.306 e. The first kappa shape index (κ1) is 37.1. The van der Waals surface area contributed by atoms with Crippen molar-refractivity contribution in [2.45, 2.75) is 95.2 Å². The number of phenolic OH excluding ortho intramolecular Hbond substituents is 2. The van der Waals surface area contributed by atoms with Crippen molar-refractivity contribution in [1.82, 2.24) is 5.32 Å². The number of aliphatic hydroxyl groups is 2. The van der Waals surface area contributed by atoms with Crippen molar-refractivity contribution in [3.63, 3.8) is 0 Å². The molecule has 0 aromatic heterocycles. The zero-order valence-corrected chi connectivity index (χ0v) is 29.2. The predicted molar refractivity (Wildman–Crippen MR) is 184 cm³/mol. The zero-order chi connectivity index (χ0) is 37.3. The summed E-state index contributed by atoms with van der Waals surface area (Å²) < 4.78 is 22.9. The number of hydrogen-bond donors (Lipinski definition) is 5. The minimum absolute atomic E-state index is 0.0577. The molecule has 3 aromatic carbocycles. The number of ether oxygens (including phenoxy) is 4. The Bertz CT molecular complexity index is 1880. The quantitative estimate of drug-likeness (QED) is 0.105. The Morgan fingerprint density at radius 1 is 1.00 bits per heavy atom. The molecule has 1 saturated heterocycles. The van der Waals surface area contributed by atoms with E-state index in [1.54, 1.807) is 6.92 Å². The summed E-state index contributed by atoms with van der Waals surface area (Å²) in [6.45, 7) is 3.22. The van der Waals surface area contributed by atoms with Gasteiger partial charge in [0.05, 0.1) is 42.1 Å². The number of unbranched alkanes of at least 4 members (excludes halogenated alkanes) is 1. The molecule has 6 atom stereocenters. The number of nitrogens with one attached hydrogen (secondary N) is 1. The van der Waals surface area contributed by atoms with Gasteiger partial charge in [-0.25, -0.2) is 0 Å². The van der Waals surface area contributed by atoms with E-state index in [-0.39, 0.29) is 40.8 Å². The first-order valence-corrected chi connectivity index (χ1v) is 17.4. The van der Waals surface area contributed by atoms with Gasteiger partial charge in [-0.2, -0.15) is 0 Å². The van der Waals surface area contributed by atoms with Gasteiger partial charge >= 0.3 is 5.97 Å². The van der Waals surface area contributed by atoms with Gasteiger partial charge in [-0.1, -0.05) is 55.8 Å². The minimum Gasteiger partial charge on any atom is -0.507 e. The Balaban J connectivity index is 1.38. The number of rotatable bonds is 12. The minimum atomic E-state index is -2.30. The van der Waals surface area contributed by atoms with E-state index in [1.165, 1.54) is 25.3 Å². The Morgan fingerprint density at radius 3 is 2.44 bits per heavy atom. The monoisotopic (exact) mass is 717 g/mol. The van der Waals surface area contributed by atoms with E-state index in [2.05, 4.69) is 5.32 Å². The molecule has 2 aliphatic carbocycles. The number of aromatic hydroxyl groups is 2. The first-order chi connectivity index (χ1) is 24.9. The molecule has 3 aromatic rings. The summed E-state index contributed by atoms with van der Waals surface area (Å²) in [5.74, 6) is -4.32. The SMILES string of the molecule is CCCCC(=O)OCC(=O)[C@]1(O)Cc2c(O)c3c(c(O)c2[C@@H](OC2CC(NCc4ccccc4)C(O)C(C)O2)C1)C(=O)c1c(OC)cccc1C3=O. The lowest BCUT2D eigenvalue weighted by Gasteiger charge is -2.43. The van der Waals surface area contributed by atoms with Crippen LogP contribution in [-0.2, 0) is 36.8 Å². The van der Waals surface area contributed by atoms with Crippen LogP contribution in [0, 0.1) is 0 Å². The maximum Gasteiger partial charge on any atom is 0.306 e. The molecule has 0 amide bonds. The van der Waals surface area contributed by atoms with Gasteiger partial charge in [0, 0.05) is 55.0 Å². The first-order valence-electron chi connectivity index (χ1n) is 17.4. The summed E-state index contributed by atoms with van der Waals surface area (Å²) in [7, 11) is 1.33. The van der Waals surface area contributed by atoms with E-state index in [9.17, 15) is 39.6 Å². The number of esters is 1. The molecule has 0 radical (unpaired) electrons.